The maximum absolute atomic E-state index is 11.3. The van der Waals surface area contributed by atoms with Crippen LogP contribution >= 0.6 is 0 Å². The molecule has 0 fully saturated rings. The maximum atomic E-state index is 11.3. The molecule has 1 aromatic carbocycles. The van der Waals surface area contributed by atoms with Crippen molar-refractivity contribution in [2.75, 3.05) is 13.7 Å². The van der Waals surface area contributed by atoms with E-state index in [9.17, 15) is 4.79 Å². The van der Waals surface area contributed by atoms with Crippen molar-refractivity contribution >= 4 is 5.97 Å². The first-order valence-corrected chi connectivity index (χ1v) is 6.21. The molecule has 0 saturated carbocycles. The topological polar surface area (TPSA) is 47.6 Å². The van der Waals surface area contributed by atoms with Crippen molar-refractivity contribution in [2.24, 2.45) is 0 Å². The van der Waals surface area contributed by atoms with Gasteiger partial charge in [0.2, 0.25) is 0 Å². The zero-order chi connectivity index (χ0) is 13.4. The number of rotatable bonds is 7. The van der Waals surface area contributed by atoms with Crippen molar-refractivity contribution in [3.8, 4) is 5.75 Å². The minimum absolute atomic E-state index is 0.371. The molecule has 18 heavy (non-hydrogen) atoms. The summed E-state index contributed by atoms with van der Waals surface area (Å²) in [5, 5.41) is 3.32. The molecule has 0 aliphatic carbocycles. The largest absolute Gasteiger partial charge is 0.479 e. The first-order valence-electron chi connectivity index (χ1n) is 6.21. The van der Waals surface area contributed by atoms with Gasteiger partial charge < -0.3 is 14.8 Å². The molecule has 0 amide bonds. The van der Waals surface area contributed by atoms with E-state index in [1.165, 1.54) is 7.11 Å². The van der Waals surface area contributed by atoms with E-state index >= 15 is 0 Å². The summed E-state index contributed by atoms with van der Waals surface area (Å²) in [6.07, 6.45) is 0.518. The Balaban J connectivity index is 2.56. The molecule has 1 N–H and O–H groups in total. The van der Waals surface area contributed by atoms with Gasteiger partial charge in [-0.25, -0.2) is 4.79 Å². The number of methoxy groups -OCH3 is 1. The van der Waals surface area contributed by atoms with Gasteiger partial charge in [0.25, 0.3) is 0 Å². The second kappa shape index (κ2) is 7.71. The van der Waals surface area contributed by atoms with Gasteiger partial charge in [-0.3, -0.25) is 0 Å². The molecule has 0 bridgehead atoms. The van der Waals surface area contributed by atoms with Crippen molar-refractivity contribution in [1.29, 1.82) is 0 Å². The first-order chi connectivity index (χ1) is 8.67. The number of carbonyl (C=O) groups excluding carboxylic acids is 1. The van der Waals surface area contributed by atoms with E-state index in [0.717, 1.165) is 25.1 Å². The minimum atomic E-state index is -0.589. The SMILES string of the molecule is CCCNCc1cccc(OC(C)C(=O)OC)c1. The molecule has 0 radical (unpaired) electrons. The highest BCUT2D eigenvalue weighted by atomic mass is 16.6. The molecular weight excluding hydrogens is 230 g/mol. The number of carbonyl (C=O) groups is 1. The summed E-state index contributed by atoms with van der Waals surface area (Å²) in [5.41, 5.74) is 1.14. The average Bonchev–Trinajstić information content (AvgIpc) is 2.38. The third kappa shape index (κ3) is 4.75. The van der Waals surface area contributed by atoms with Crippen LogP contribution in [0.2, 0.25) is 0 Å². The summed E-state index contributed by atoms with van der Waals surface area (Å²) in [7, 11) is 1.35. The van der Waals surface area contributed by atoms with E-state index in [-0.39, 0.29) is 5.97 Å². The van der Waals surface area contributed by atoms with Gasteiger partial charge in [-0.2, -0.15) is 0 Å². The minimum Gasteiger partial charge on any atom is -0.479 e. The lowest BCUT2D eigenvalue weighted by molar-refractivity contribution is -0.147. The van der Waals surface area contributed by atoms with Crippen molar-refractivity contribution in [2.45, 2.75) is 32.9 Å². The van der Waals surface area contributed by atoms with Crippen LogP contribution in [0.15, 0.2) is 24.3 Å². The second-order valence-electron chi connectivity index (χ2n) is 4.11. The van der Waals surface area contributed by atoms with Gasteiger partial charge in [-0.1, -0.05) is 19.1 Å². The lowest BCUT2D eigenvalue weighted by Gasteiger charge is -2.13. The van der Waals surface area contributed by atoms with Crippen LogP contribution in [0.25, 0.3) is 0 Å². The third-order valence-corrected chi connectivity index (χ3v) is 2.50. The fourth-order valence-corrected chi connectivity index (χ4v) is 1.56. The van der Waals surface area contributed by atoms with E-state index in [0.29, 0.717) is 5.75 Å². The summed E-state index contributed by atoms with van der Waals surface area (Å²) < 4.78 is 10.1. The van der Waals surface area contributed by atoms with E-state index in [4.69, 9.17) is 4.74 Å². The van der Waals surface area contributed by atoms with Crippen LogP contribution in [-0.4, -0.2) is 25.7 Å². The standard InChI is InChI=1S/C14H21NO3/c1-4-8-15-10-12-6-5-7-13(9-12)18-11(2)14(16)17-3/h5-7,9,11,15H,4,8,10H2,1-3H3. The molecule has 0 saturated heterocycles. The van der Waals surface area contributed by atoms with Crippen LogP contribution < -0.4 is 10.1 Å². The van der Waals surface area contributed by atoms with Gasteiger partial charge in [0.05, 0.1) is 7.11 Å². The highest BCUT2D eigenvalue weighted by molar-refractivity contribution is 5.74. The van der Waals surface area contributed by atoms with Crippen LogP contribution in [0.5, 0.6) is 5.75 Å². The molecule has 4 heteroatoms. The number of hydrogen-bond acceptors (Lipinski definition) is 4. The molecule has 0 aliphatic heterocycles. The molecule has 1 aromatic rings. The summed E-state index contributed by atoms with van der Waals surface area (Å²) in [4.78, 5) is 11.3. The zero-order valence-corrected chi connectivity index (χ0v) is 11.2. The van der Waals surface area contributed by atoms with Crippen molar-refractivity contribution in [3.05, 3.63) is 29.8 Å². The van der Waals surface area contributed by atoms with Crippen molar-refractivity contribution in [3.63, 3.8) is 0 Å². The molecule has 0 spiro atoms. The van der Waals surface area contributed by atoms with Gasteiger partial charge in [0, 0.05) is 6.54 Å². The Morgan fingerprint density at radius 2 is 2.22 bits per heavy atom. The Hall–Kier alpha value is -1.55. The highest BCUT2D eigenvalue weighted by Gasteiger charge is 2.14. The molecular formula is C14H21NO3. The lowest BCUT2D eigenvalue weighted by Crippen LogP contribution is -2.25. The monoisotopic (exact) mass is 251 g/mol. The van der Waals surface area contributed by atoms with Gasteiger partial charge >= 0.3 is 5.97 Å². The van der Waals surface area contributed by atoms with Gasteiger partial charge in [0.15, 0.2) is 6.10 Å². The quantitative estimate of drug-likeness (QED) is 0.595. The second-order valence-corrected chi connectivity index (χ2v) is 4.11. The fourth-order valence-electron chi connectivity index (χ4n) is 1.56. The first kappa shape index (κ1) is 14.5. The maximum Gasteiger partial charge on any atom is 0.346 e. The smallest absolute Gasteiger partial charge is 0.346 e. The number of hydrogen-bond donors (Lipinski definition) is 1. The predicted molar refractivity (Wildman–Crippen MR) is 70.5 cm³/mol. The van der Waals surface area contributed by atoms with Crippen LogP contribution in [0.4, 0.5) is 0 Å². The van der Waals surface area contributed by atoms with Crippen LogP contribution in [0.1, 0.15) is 25.8 Å². The fraction of sp³-hybridized carbons (Fsp3) is 0.500. The van der Waals surface area contributed by atoms with E-state index in [1.807, 2.05) is 24.3 Å². The summed E-state index contributed by atoms with van der Waals surface area (Å²) >= 11 is 0. The normalized spacial score (nSPS) is 11.9. The van der Waals surface area contributed by atoms with Crippen LogP contribution in [-0.2, 0) is 16.1 Å². The summed E-state index contributed by atoms with van der Waals surface area (Å²) in [6, 6.07) is 7.71. The van der Waals surface area contributed by atoms with Crippen LogP contribution in [0.3, 0.4) is 0 Å². The average molecular weight is 251 g/mol. The number of benzene rings is 1. The molecule has 0 heterocycles. The highest BCUT2D eigenvalue weighted by Crippen LogP contribution is 2.15. The van der Waals surface area contributed by atoms with Crippen molar-refractivity contribution in [1.82, 2.24) is 5.32 Å². The Kier molecular flexibility index (Phi) is 6.22. The Morgan fingerprint density at radius 1 is 1.44 bits per heavy atom. The molecule has 1 rings (SSSR count). The molecule has 4 nitrogen and oxygen atoms in total. The molecule has 0 aromatic heterocycles. The Labute approximate surface area is 108 Å². The van der Waals surface area contributed by atoms with E-state index in [1.54, 1.807) is 6.92 Å². The number of nitrogens with one attached hydrogen (secondary N) is 1. The third-order valence-electron chi connectivity index (χ3n) is 2.50. The van der Waals surface area contributed by atoms with Crippen molar-refractivity contribution < 1.29 is 14.3 Å². The number of esters is 1. The predicted octanol–water partition coefficient (Wildman–Crippen LogP) is 2.13. The molecule has 100 valence electrons. The van der Waals surface area contributed by atoms with Crippen LogP contribution in [0, 0.1) is 0 Å². The molecule has 0 aliphatic rings. The van der Waals surface area contributed by atoms with Gasteiger partial charge in [-0.05, 0) is 37.6 Å². The molecule has 1 atom stereocenters. The number of ether oxygens (including phenoxy) is 2. The summed E-state index contributed by atoms with van der Waals surface area (Å²) in [6.45, 7) is 5.60. The Morgan fingerprint density at radius 3 is 2.89 bits per heavy atom. The lowest BCUT2D eigenvalue weighted by atomic mass is 10.2. The zero-order valence-electron chi connectivity index (χ0n) is 11.2. The Bertz CT molecular complexity index is 379. The van der Waals surface area contributed by atoms with E-state index < -0.39 is 6.10 Å². The van der Waals surface area contributed by atoms with Gasteiger partial charge in [-0.15, -0.1) is 0 Å². The van der Waals surface area contributed by atoms with Gasteiger partial charge in [0.1, 0.15) is 5.75 Å². The summed E-state index contributed by atoms with van der Waals surface area (Å²) in [5.74, 6) is 0.313. The molecule has 1 unspecified atom stereocenters. The van der Waals surface area contributed by atoms with E-state index in [2.05, 4.69) is 17.0 Å².